The Morgan fingerprint density at radius 2 is 2.42 bits per heavy atom. The number of nitrogens with two attached hydrogens (primary N) is 1. The number of fused-ring (bicyclic) bond motifs is 1. The van der Waals surface area contributed by atoms with Gasteiger partial charge in [-0.15, -0.1) is 0 Å². The second-order valence-electron chi connectivity index (χ2n) is 4.82. The zero-order valence-electron chi connectivity index (χ0n) is 10.6. The van der Waals surface area contributed by atoms with Gasteiger partial charge in [-0.1, -0.05) is 0 Å². The van der Waals surface area contributed by atoms with Gasteiger partial charge in [0.1, 0.15) is 0 Å². The van der Waals surface area contributed by atoms with Crippen molar-refractivity contribution in [3.05, 3.63) is 23.9 Å². The topological polar surface area (TPSA) is 93.0 Å². The lowest BCUT2D eigenvalue weighted by atomic mass is 10.1. The molecule has 6 nitrogen and oxygen atoms in total. The van der Waals surface area contributed by atoms with Crippen molar-refractivity contribution in [2.75, 3.05) is 12.3 Å². The van der Waals surface area contributed by atoms with E-state index in [1.807, 2.05) is 13.0 Å². The van der Waals surface area contributed by atoms with Gasteiger partial charge in [0.25, 0.3) is 5.91 Å². The Kier molecular flexibility index (Phi) is 2.87. The van der Waals surface area contributed by atoms with Crippen molar-refractivity contribution in [1.29, 1.82) is 0 Å². The number of rotatable bonds is 2. The van der Waals surface area contributed by atoms with E-state index in [4.69, 9.17) is 10.5 Å². The Hall–Kier alpha value is -2.08. The minimum Gasteiger partial charge on any atom is -0.399 e. The Balaban J connectivity index is 1.87. The monoisotopic (exact) mass is 260 g/mol. The molecule has 4 N–H and O–H groups in total. The molecule has 2 heterocycles. The first kappa shape index (κ1) is 12.0. The number of ether oxygens (including phenoxy) is 1. The van der Waals surface area contributed by atoms with Crippen LogP contribution in [0.15, 0.2) is 18.2 Å². The number of nitrogen functional groups attached to an aromatic ring is 1. The molecule has 0 bridgehead atoms. The van der Waals surface area contributed by atoms with Gasteiger partial charge in [0, 0.05) is 17.7 Å². The largest absolute Gasteiger partial charge is 0.399 e. The third-order valence-electron chi connectivity index (χ3n) is 3.49. The molecule has 1 saturated heterocycles. The van der Waals surface area contributed by atoms with Crippen molar-refractivity contribution >= 4 is 22.5 Å². The van der Waals surface area contributed by atoms with Gasteiger partial charge < -0.3 is 15.8 Å². The summed E-state index contributed by atoms with van der Waals surface area (Å²) in [7, 11) is 0. The van der Waals surface area contributed by atoms with Crippen molar-refractivity contribution in [3.8, 4) is 0 Å². The summed E-state index contributed by atoms with van der Waals surface area (Å²) >= 11 is 0. The quantitative estimate of drug-likeness (QED) is 0.704. The molecular weight excluding hydrogens is 244 g/mol. The number of hydrogen-bond donors (Lipinski definition) is 3. The van der Waals surface area contributed by atoms with Crippen LogP contribution in [0, 0.1) is 0 Å². The highest BCUT2D eigenvalue weighted by Gasteiger charge is 2.27. The lowest BCUT2D eigenvalue weighted by Gasteiger charge is -2.15. The van der Waals surface area contributed by atoms with Gasteiger partial charge in [-0.05, 0) is 31.5 Å². The van der Waals surface area contributed by atoms with E-state index in [-0.39, 0.29) is 18.1 Å². The number of anilines is 1. The Labute approximate surface area is 110 Å². The minimum atomic E-state index is -0.195. The molecule has 100 valence electrons. The Bertz CT molecular complexity index is 622. The van der Waals surface area contributed by atoms with E-state index < -0.39 is 0 Å². The molecule has 1 aliphatic heterocycles. The highest BCUT2D eigenvalue weighted by Crippen LogP contribution is 2.20. The van der Waals surface area contributed by atoms with Gasteiger partial charge in [-0.2, -0.15) is 5.10 Å². The SMILES string of the molecule is CC1OCCC1NC(=O)c1n[nH]c2ccc(N)cc12. The zero-order valence-corrected chi connectivity index (χ0v) is 10.6. The summed E-state index contributed by atoms with van der Waals surface area (Å²) in [6.07, 6.45) is 0.872. The Morgan fingerprint density at radius 1 is 1.58 bits per heavy atom. The zero-order chi connectivity index (χ0) is 13.4. The van der Waals surface area contributed by atoms with Gasteiger partial charge in [-0.3, -0.25) is 9.89 Å². The number of nitrogens with zero attached hydrogens (tertiary/aromatic N) is 1. The van der Waals surface area contributed by atoms with Gasteiger partial charge in [0.15, 0.2) is 5.69 Å². The number of carbonyl (C=O) groups is 1. The molecule has 2 aromatic rings. The second kappa shape index (κ2) is 4.55. The molecule has 0 radical (unpaired) electrons. The van der Waals surface area contributed by atoms with Crippen LogP contribution in [-0.4, -0.2) is 34.9 Å². The standard InChI is InChI=1S/C13H16N4O2/c1-7-10(4-5-19-7)15-13(18)12-9-6-8(14)2-3-11(9)16-17-12/h2-3,6-7,10H,4-5,14H2,1H3,(H,15,18)(H,16,17). The lowest BCUT2D eigenvalue weighted by Crippen LogP contribution is -2.39. The van der Waals surface area contributed by atoms with Crippen molar-refractivity contribution in [3.63, 3.8) is 0 Å². The van der Waals surface area contributed by atoms with Crippen molar-refractivity contribution in [2.24, 2.45) is 0 Å². The van der Waals surface area contributed by atoms with E-state index in [9.17, 15) is 4.79 Å². The van der Waals surface area contributed by atoms with Crippen LogP contribution >= 0.6 is 0 Å². The van der Waals surface area contributed by atoms with E-state index >= 15 is 0 Å². The molecule has 1 aromatic heterocycles. The summed E-state index contributed by atoms with van der Waals surface area (Å²) in [6, 6.07) is 5.38. The number of benzene rings is 1. The van der Waals surface area contributed by atoms with Crippen molar-refractivity contribution in [2.45, 2.75) is 25.5 Å². The van der Waals surface area contributed by atoms with Gasteiger partial charge in [0.05, 0.1) is 17.7 Å². The maximum atomic E-state index is 12.2. The van der Waals surface area contributed by atoms with E-state index in [2.05, 4.69) is 15.5 Å². The number of aromatic amines is 1. The third-order valence-corrected chi connectivity index (χ3v) is 3.49. The molecule has 19 heavy (non-hydrogen) atoms. The highest BCUT2D eigenvalue weighted by atomic mass is 16.5. The average molecular weight is 260 g/mol. The number of aromatic nitrogens is 2. The van der Waals surface area contributed by atoms with Gasteiger partial charge >= 0.3 is 0 Å². The summed E-state index contributed by atoms with van der Waals surface area (Å²) in [4.78, 5) is 12.2. The van der Waals surface area contributed by atoms with Gasteiger partial charge in [-0.25, -0.2) is 0 Å². The van der Waals surface area contributed by atoms with E-state index in [1.54, 1.807) is 12.1 Å². The summed E-state index contributed by atoms with van der Waals surface area (Å²) in [5, 5.41) is 10.6. The maximum Gasteiger partial charge on any atom is 0.272 e. The van der Waals surface area contributed by atoms with Crippen molar-refractivity contribution in [1.82, 2.24) is 15.5 Å². The number of hydrogen-bond acceptors (Lipinski definition) is 4. The van der Waals surface area contributed by atoms with E-state index in [0.717, 1.165) is 17.3 Å². The molecule has 1 fully saturated rings. The van der Waals surface area contributed by atoms with Crippen LogP contribution in [-0.2, 0) is 4.74 Å². The molecule has 1 aliphatic rings. The average Bonchev–Trinajstić information content (AvgIpc) is 2.96. The van der Waals surface area contributed by atoms with Crippen LogP contribution in [0.1, 0.15) is 23.8 Å². The summed E-state index contributed by atoms with van der Waals surface area (Å²) < 4.78 is 5.43. The fourth-order valence-corrected chi connectivity index (χ4v) is 2.36. The van der Waals surface area contributed by atoms with Crippen LogP contribution in [0.2, 0.25) is 0 Å². The first-order valence-corrected chi connectivity index (χ1v) is 6.31. The molecule has 0 saturated carbocycles. The molecule has 0 aliphatic carbocycles. The van der Waals surface area contributed by atoms with E-state index in [0.29, 0.717) is 18.0 Å². The van der Waals surface area contributed by atoms with Crippen LogP contribution in [0.4, 0.5) is 5.69 Å². The molecule has 1 aromatic carbocycles. The number of amides is 1. The summed E-state index contributed by atoms with van der Waals surface area (Å²) in [6.45, 7) is 2.64. The molecule has 6 heteroatoms. The third kappa shape index (κ3) is 2.15. The van der Waals surface area contributed by atoms with Crippen LogP contribution < -0.4 is 11.1 Å². The molecular formula is C13H16N4O2. The minimum absolute atomic E-state index is 0.0409. The number of H-pyrrole nitrogens is 1. The fourth-order valence-electron chi connectivity index (χ4n) is 2.36. The highest BCUT2D eigenvalue weighted by molar-refractivity contribution is 6.05. The normalized spacial score (nSPS) is 22.8. The van der Waals surface area contributed by atoms with Gasteiger partial charge in [0.2, 0.25) is 0 Å². The second-order valence-corrected chi connectivity index (χ2v) is 4.82. The fraction of sp³-hybridized carbons (Fsp3) is 0.385. The maximum absolute atomic E-state index is 12.2. The summed E-state index contributed by atoms with van der Waals surface area (Å²) in [5.74, 6) is -0.195. The smallest absolute Gasteiger partial charge is 0.272 e. The molecule has 1 amide bonds. The first-order chi connectivity index (χ1) is 9.15. The van der Waals surface area contributed by atoms with Crippen LogP contribution in [0.25, 0.3) is 10.9 Å². The van der Waals surface area contributed by atoms with E-state index in [1.165, 1.54) is 0 Å². The number of nitrogens with one attached hydrogen (secondary N) is 2. The molecule has 2 unspecified atom stereocenters. The Morgan fingerprint density at radius 3 is 3.16 bits per heavy atom. The first-order valence-electron chi connectivity index (χ1n) is 6.31. The molecule has 2 atom stereocenters. The predicted molar refractivity (Wildman–Crippen MR) is 71.8 cm³/mol. The summed E-state index contributed by atoms with van der Waals surface area (Å²) in [5.41, 5.74) is 7.53. The van der Waals surface area contributed by atoms with Crippen LogP contribution in [0.3, 0.4) is 0 Å². The molecule has 3 rings (SSSR count). The van der Waals surface area contributed by atoms with Crippen molar-refractivity contribution < 1.29 is 9.53 Å². The lowest BCUT2D eigenvalue weighted by molar-refractivity contribution is 0.0863. The molecule has 0 spiro atoms. The number of carbonyl (C=O) groups excluding carboxylic acids is 1. The predicted octanol–water partition coefficient (Wildman–Crippen LogP) is 1.05. The van der Waals surface area contributed by atoms with Crippen LogP contribution in [0.5, 0.6) is 0 Å².